The van der Waals surface area contributed by atoms with Gasteiger partial charge < -0.3 is 10.6 Å². The van der Waals surface area contributed by atoms with Gasteiger partial charge in [0.15, 0.2) is 5.96 Å². The summed E-state index contributed by atoms with van der Waals surface area (Å²) in [5.41, 5.74) is 1.10. The van der Waals surface area contributed by atoms with Gasteiger partial charge in [-0.05, 0) is 40.5 Å². The van der Waals surface area contributed by atoms with Crippen molar-refractivity contribution in [2.75, 3.05) is 6.54 Å². The predicted molar refractivity (Wildman–Crippen MR) is 96.3 cm³/mol. The molecular weight excluding hydrogens is 322 g/mol. The Labute approximate surface area is 146 Å². The molecule has 1 aliphatic heterocycles. The van der Waals surface area contributed by atoms with Crippen LogP contribution in [0.4, 0.5) is 0 Å². The number of hydrogen-bond donors (Lipinski definition) is 2. The third-order valence-electron chi connectivity index (χ3n) is 4.08. The summed E-state index contributed by atoms with van der Waals surface area (Å²) in [5.74, 6) is 2.64. The average molecular weight is 347 g/mol. The molecule has 1 atom stereocenters. The lowest BCUT2D eigenvalue weighted by atomic mass is 10.1. The largest absolute Gasteiger partial charge is 0.357 e. The minimum absolute atomic E-state index is 0.150. The summed E-state index contributed by atoms with van der Waals surface area (Å²) in [6.45, 7) is 10.5. The quantitative estimate of drug-likeness (QED) is 0.655. The van der Waals surface area contributed by atoms with Crippen molar-refractivity contribution in [2.24, 2.45) is 4.99 Å². The minimum Gasteiger partial charge on any atom is -0.357 e. The molecule has 0 spiro atoms. The normalized spacial score (nSPS) is 17.7. The number of rotatable bonds is 4. The van der Waals surface area contributed by atoms with Crippen LogP contribution in [0.2, 0.25) is 0 Å². The summed E-state index contributed by atoms with van der Waals surface area (Å²) in [4.78, 5) is 15.1. The fourth-order valence-corrected chi connectivity index (χ4v) is 3.70. The van der Waals surface area contributed by atoms with Crippen LogP contribution in [0.1, 0.15) is 53.0 Å². The zero-order valence-corrected chi connectivity index (χ0v) is 15.6. The molecule has 0 aliphatic carbocycles. The Bertz CT molecular complexity index is 711. The van der Waals surface area contributed by atoms with E-state index in [1.807, 2.05) is 18.5 Å². The Morgan fingerprint density at radius 2 is 2.17 bits per heavy atom. The van der Waals surface area contributed by atoms with E-state index in [2.05, 4.69) is 39.5 Å². The maximum absolute atomic E-state index is 4.70. The predicted octanol–water partition coefficient (Wildman–Crippen LogP) is 2.25. The van der Waals surface area contributed by atoms with Crippen molar-refractivity contribution in [2.45, 2.75) is 59.7 Å². The smallest absolute Gasteiger partial charge is 0.192 e. The highest BCUT2D eigenvalue weighted by atomic mass is 32.1. The van der Waals surface area contributed by atoms with Crippen molar-refractivity contribution >= 4 is 17.3 Å². The van der Waals surface area contributed by atoms with E-state index in [0.29, 0.717) is 6.54 Å². The van der Waals surface area contributed by atoms with Crippen molar-refractivity contribution in [1.29, 1.82) is 0 Å². The van der Waals surface area contributed by atoms with Crippen LogP contribution in [0.25, 0.3) is 0 Å². The number of aryl methyl sites for hydroxylation is 4. The summed E-state index contributed by atoms with van der Waals surface area (Å²) in [6.07, 6.45) is 2.13. The Hall–Kier alpha value is -1.96. The van der Waals surface area contributed by atoms with Gasteiger partial charge in [0.05, 0.1) is 18.3 Å². The molecule has 1 aliphatic rings. The maximum atomic E-state index is 4.70. The molecule has 0 fully saturated rings. The van der Waals surface area contributed by atoms with E-state index in [0.717, 1.165) is 54.2 Å². The minimum atomic E-state index is 0.150. The van der Waals surface area contributed by atoms with Crippen LogP contribution >= 0.6 is 11.3 Å². The van der Waals surface area contributed by atoms with Crippen molar-refractivity contribution in [3.63, 3.8) is 0 Å². The molecule has 2 aromatic heterocycles. The lowest BCUT2D eigenvalue weighted by Gasteiger charge is -2.24. The van der Waals surface area contributed by atoms with Gasteiger partial charge in [0.25, 0.3) is 0 Å². The highest BCUT2D eigenvalue weighted by Crippen LogP contribution is 2.23. The summed E-state index contributed by atoms with van der Waals surface area (Å²) in [6, 6.07) is 0.150. The molecule has 0 saturated carbocycles. The molecule has 8 heteroatoms. The highest BCUT2D eigenvalue weighted by Gasteiger charge is 2.24. The monoisotopic (exact) mass is 347 g/mol. The fourth-order valence-electron chi connectivity index (χ4n) is 2.84. The first-order chi connectivity index (χ1) is 11.6. The molecule has 0 saturated heterocycles. The van der Waals surface area contributed by atoms with E-state index in [9.17, 15) is 0 Å². The van der Waals surface area contributed by atoms with E-state index < -0.39 is 0 Å². The molecule has 0 radical (unpaired) electrons. The van der Waals surface area contributed by atoms with Crippen LogP contribution < -0.4 is 10.6 Å². The van der Waals surface area contributed by atoms with Gasteiger partial charge in [0.2, 0.25) is 0 Å². The molecule has 3 rings (SSSR count). The topological polar surface area (TPSA) is 80.0 Å². The van der Waals surface area contributed by atoms with Crippen LogP contribution in [0.5, 0.6) is 0 Å². The molecule has 2 N–H and O–H groups in total. The van der Waals surface area contributed by atoms with Gasteiger partial charge in [0.1, 0.15) is 16.7 Å². The molecule has 3 heterocycles. The van der Waals surface area contributed by atoms with Gasteiger partial charge in [-0.2, -0.15) is 5.10 Å². The van der Waals surface area contributed by atoms with Gasteiger partial charge in [-0.1, -0.05) is 0 Å². The number of guanidine groups is 1. The Kier molecular flexibility index (Phi) is 5.13. The van der Waals surface area contributed by atoms with E-state index in [1.165, 1.54) is 4.88 Å². The molecule has 1 unspecified atom stereocenters. The zero-order valence-electron chi connectivity index (χ0n) is 14.8. The SMILES string of the molecule is CCNC(=NCc1nc(C)c(C)s1)NC1CCCn2nc(C)nc21. The number of nitrogens with one attached hydrogen (secondary N) is 2. The van der Waals surface area contributed by atoms with Crippen molar-refractivity contribution in [3.8, 4) is 0 Å². The molecule has 7 nitrogen and oxygen atoms in total. The zero-order chi connectivity index (χ0) is 17.1. The first-order valence-corrected chi connectivity index (χ1v) is 9.27. The number of nitrogens with zero attached hydrogens (tertiary/aromatic N) is 5. The summed E-state index contributed by atoms with van der Waals surface area (Å²) >= 11 is 1.71. The second-order valence-electron chi connectivity index (χ2n) is 6.02. The second-order valence-corrected chi connectivity index (χ2v) is 7.31. The molecule has 24 heavy (non-hydrogen) atoms. The molecule has 130 valence electrons. The summed E-state index contributed by atoms with van der Waals surface area (Å²) in [5, 5.41) is 12.3. The van der Waals surface area contributed by atoms with Gasteiger partial charge in [0, 0.05) is 18.0 Å². The second kappa shape index (κ2) is 7.29. The van der Waals surface area contributed by atoms with Gasteiger partial charge in [-0.25, -0.2) is 19.6 Å². The van der Waals surface area contributed by atoms with Gasteiger partial charge >= 0.3 is 0 Å². The number of hydrogen-bond acceptors (Lipinski definition) is 5. The number of thiazole rings is 1. The maximum Gasteiger partial charge on any atom is 0.192 e. The van der Waals surface area contributed by atoms with Crippen LogP contribution in [0.3, 0.4) is 0 Å². The van der Waals surface area contributed by atoms with E-state index in [1.54, 1.807) is 11.3 Å². The molecule has 0 bridgehead atoms. The Balaban J connectivity index is 1.73. The standard InChI is InChI=1S/C16H25N7S/c1-5-17-16(18-9-14-19-10(2)11(3)24-14)21-13-7-6-8-23-15(13)20-12(4)22-23/h13H,5-9H2,1-4H3,(H2,17,18,21). The Morgan fingerprint density at radius 3 is 2.88 bits per heavy atom. The molecule has 0 aromatic carbocycles. The van der Waals surface area contributed by atoms with Crippen LogP contribution in [0.15, 0.2) is 4.99 Å². The van der Waals surface area contributed by atoms with E-state index in [4.69, 9.17) is 4.99 Å². The lowest BCUT2D eigenvalue weighted by molar-refractivity contribution is 0.397. The third-order valence-corrected chi connectivity index (χ3v) is 5.14. The van der Waals surface area contributed by atoms with Gasteiger partial charge in [-0.3, -0.25) is 0 Å². The van der Waals surface area contributed by atoms with E-state index in [-0.39, 0.29) is 6.04 Å². The average Bonchev–Trinajstić information content (AvgIpc) is 3.07. The van der Waals surface area contributed by atoms with E-state index >= 15 is 0 Å². The third kappa shape index (κ3) is 3.75. The summed E-state index contributed by atoms with van der Waals surface area (Å²) < 4.78 is 2.01. The lowest BCUT2D eigenvalue weighted by Crippen LogP contribution is -2.41. The van der Waals surface area contributed by atoms with Crippen molar-refractivity contribution in [3.05, 3.63) is 27.2 Å². The number of aromatic nitrogens is 4. The van der Waals surface area contributed by atoms with Gasteiger partial charge in [-0.15, -0.1) is 11.3 Å². The number of fused-ring (bicyclic) bond motifs is 1. The van der Waals surface area contributed by atoms with Crippen LogP contribution in [0, 0.1) is 20.8 Å². The highest BCUT2D eigenvalue weighted by molar-refractivity contribution is 7.11. The van der Waals surface area contributed by atoms with Crippen molar-refractivity contribution in [1.82, 2.24) is 30.4 Å². The summed E-state index contributed by atoms with van der Waals surface area (Å²) in [7, 11) is 0. The number of aliphatic imine (C=N–C) groups is 1. The van der Waals surface area contributed by atoms with Crippen molar-refractivity contribution < 1.29 is 0 Å². The molecule has 0 amide bonds. The Morgan fingerprint density at radius 1 is 1.33 bits per heavy atom. The fraction of sp³-hybridized carbons (Fsp3) is 0.625. The molecule has 2 aromatic rings. The van der Waals surface area contributed by atoms with Crippen LogP contribution in [-0.2, 0) is 13.1 Å². The van der Waals surface area contributed by atoms with Crippen LogP contribution in [-0.4, -0.2) is 32.3 Å². The molecular formula is C16H25N7S. The first kappa shape index (κ1) is 16.9. The first-order valence-electron chi connectivity index (χ1n) is 8.46.